The van der Waals surface area contributed by atoms with Crippen LogP contribution in [0.15, 0.2) is 53.7 Å². The molecule has 0 aromatic carbocycles. The van der Waals surface area contributed by atoms with E-state index in [1.165, 1.54) is 0 Å². The predicted molar refractivity (Wildman–Crippen MR) is 67.0 cm³/mol. The quantitative estimate of drug-likeness (QED) is 0.746. The maximum absolute atomic E-state index is 4.58. The molecule has 0 spiro atoms. The molecule has 3 rings (SSSR count). The van der Waals surface area contributed by atoms with Crippen LogP contribution in [-0.4, -0.2) is 20.3 Å². The molecule has 0 saturated heterocycles. The summed E-state index contributed by atoms with van der Waals surface area (Å²) in [6.45, 7) is 2.01. The van der Waals surface area contributed by atoms with E-state index in [0.29, 0.717) is 0 Å². The predicted octanol–water partition coefficient (Wildman–Crippen LogP) is 2.38. The molecule has 0 fully saturated rings. The Morgan fingerprint density at radius 1 is 1.29 bits per heavy atom. The molecule has 0 unspecified atom stereocenters. The van der Waals surface area contributed by atoms with E-state index in [2.05, 4.69) is 27.2 Å². The molecule has 17 heavy (non-hydrogen) atoms. The zero-order valence-electron chi connectivity index (χ0n) is 9.54. The van der Waals surface area contributed by atoms with E-state index in [4.69, 9.17) is 0 Å². The second-order valence-electron chi connectivity index (χ2n) is 3.94. The Balaban J connectivity index is 2.18. The zero-order chi connectivity index (χ0) is 11.7. The first-order chi connectivity index (χ1) is 8.34. The number of aromatic nitrogens is 3. The van der Waals surface area contributed by atoms with E-state index in [1.807, 2.05) is 36.1 Å². The molecule has 0 aliphatic carbocycles. The number of nitrogens with zero attached hydrogens (tertiary/aromatic N) is 4. The molecule has 0 N–H and O–H groups in total. The number of allylic oxidation sites excluding steroid dienone is 4. The van der Waals surface area contributed by atoms with Gasteiger partial charge in [0, 0.05) is 23.7 Å². The van der Waals surface area contributed by atoms with E-state index in [0.717, 1.165) is 28.9 Å². The van der Waals surface area contributed by atoms with Gasteiger partial charge in [-0.3, -0.25) is 9.98 Å². The first kappa shape index (κ1) is 9.96. The largest absolute Gasteiger partial charge is 0.261 e. The maximum Gasteiger partial charge on any atom is 0.0938 e. The lowest BCUT2D eigenvalue weighted by Crippen LogP contribution is -1.96. The van der Waals surface area contributed by atoms with Gasteiger partial charge in [-0.05, 0) is 19.4 Å². The minimum atomic E-state index is 0.927. The van der Waals surface area contributed by atoms with Gasteiger partial charge in [0.05, 0.1) is 23.6 Å². The number of hydrogen-bond acceptors (Lipinski definition) is 3. The van der Waals surface area contributed by atoms with Crippen molar-refractivity contribution in [1.29, 1.82) is 0 Å². The van der Waals surface area contributed by atoms with Crippen LogP contribution < -0.4 is 0 Å². The van der Waals surface area contributed by atoms with Gasteiger partial charge in [-0.25, -0.2) is 4.52 Å². The van der Waals surface area contributed by atoms with Crippen LogP contribution in [0.4, 0.5) is 0 Å². The fraction of sp³-hybridized carbons (Fsp3) is 0.154. The summed E-state index contributed by atoms with van der Waals surface area (Å²) < 4.78 is 1.81. The van der Waals surface area contributed by atoms with Crippen molar-refractivity contribution in [2.75, 3.05) is 0 Å². The molecule has 0 atom stereocenters. The summed E-state index contributed by atoms with van der Waals surface area (Å²) >= 11 is 0. The highest BCUT2D eigenvalue weighted by Gasteiger charge is 2.09. The average Bonchev–Trinajstić information content (AvgIpc) is 2.66. The first-order valence-electron chi connectivity index (χ1n) is 5.54. The van der Waals surface area contributed by atoms with E-state index in [-0.39, 0.29) is 0 Å². The Bertz CT molecular complexity index is 646. The zero-order valence-corrected chi connectivity index (χ0v) is 9.54. The van der Waals surface area contributed by atoms with Crippen LogP contribution in [-0.2, 0) is 0 Å². The van der Waals surface area contributed by atoms with Crippen LogP contribution in [0.1, 0.15) is 18.9 Å². The third kappa shape index (κ3) is 1.78. The fourth-order valence-electron chi connectivity index (χ4n) is 1.87. The van der Waals surface area contributed by atoms with Gasteiger partial charge in [-0.15, -0.1) is 0 Å². The van der Waals surface area contributed by atoms with E-state index in [1.54, 1.807) is 6.20 Å². The van der Waals surface area contributed by atoms with E-state index in [9.17, 15) is 0 Å². The van der Waals surface area contributed by atoms with Gasteiger partial charge in [0.2, 0.25) is 0 Å². The lowest BCUT2D eigenvalue weighted by molar-refractivity contribution is 0.946. The van der Waals surface area contributed by atoms with Gasteiger partial charge in [0.25, 0.3) is 0 Å². The van der Waals surface area contributed by atoms with Crippen LogP contribution in [0, 0.1) is 0 Å². The summed E-state index contributed by atoms with van der Waals surface area (Å²) in [5, 5.41) is 4.29. The number of rotatable bonds is 1. The number of fused-ring (bicyclic) bond motifs is 1. The maximum atomic E-state index is 4.58. The minimum Gasteiger partial charge on any atom is -0.261 e. The van der Waals surface area contributed by atoms with Crippen molar-refractivity contribution in [3.05, 3.63) is 54.3 Å². The standard InChI is InChI=1S/C13H12N4/c1-10-4-2-3-5-12(16-10)11-8-15-17-7-6-14-9-13(11)17/h3-9H,2H2,1H3. The van der Waals surface area contributed by atoms with Crippen LogP contribution in [0.2, 0.25) is 0 Å². The molecule has 0 radical (unpaired) electrons. The smallest absolute Gasteiger partial charge is 0.0938 e. The molecule has 0 bridgehead atoms. The Morgan fingerprint density at radius 3 is 3.18 bits per heavy atom. The highest BCUT2D eigenvalue weighted by Crippen LogP contribution is 2.15. The normalized spacial score (nSPS) is 15.6. The molecule has 1 aliphatic heterocycles. The molecule has 2 aromatic heterocycles. The van der Waals surface area contributed by atoms with Crippen molar-refractivity contribution in [3.63, 3.8) is 0 Å². The Kier molecular flexibility index (Phi) is 2.33. The second kappa shape index (κ2) is 3.97. The summed E-state index contributed by atoms with van der Waals surface area (Å²) in [4.78, 5) is 8.71. The van der Waals surface area contributed by atoms with Gasteiger partial charge in [-0.2, -0.15) is 5.10 Å². The highest BCUT2D eigenvalue weighted by molar-refractivity contribution is 6.13. The Labute approximate surface area is 99.0 Å². The summed E-state index contributed by atoms with van der Waals surface area (Å²) in [5.74, 6) is 0. The second-order valence-corrected chi connectivity index (χ2v) is 3.94. The summed E-state index contributed by atoms with van der Waals surface area (Å²) in [5.41, 5.74) is 3.97. The minimum absolute atomic E-state index is 0.927. The van der Waals surface area contributed by atoms with Crippen LogP contribution >= 0.6 is 0 Å². The molecular formula is C13H12N4. The molecule has 0 amide bonds. The average molecular weight is 224 g/mol. The fourth-order valence-corrected chi connectivity index (χ4v) is 1.87. The van der Waals surface area contributed by atoms with Crippen molar-refractivity contribution in [1.82, 2.24) is 14.6 Å². The van der Waals surface area contributed by atoms with Crippen molar-refractivity contribution >= 4 is 11.2 Å². The molecule has 1 aliphatic rings. The monoisotopic (exact) mass is 224 g/mol. The third-order valence-electron chi connectivity index (χ3n) is 2.72. The molecular weight excluding hydrogens is 212 g/mol. The molecule has 4 heteroatoms. The van der Waals surface area contributed by atoms with Gasteiger partial charge in [0.15, 0.2) is 0 Å². The number of aliphatic imine (C=N–C) groups is 1. The van der Waals surface area contributed by atoms with Crippen molar-refractivity contribution in [3.8, 4) is 0 Å². The molecule has 3 heterocycles. The Hall–Kier alpha value is -2.23. The van der Waals surface area contributed by atoms with Crippen LogP contribution in [0.5, 0.6) is 0 Å². The van der Waals surface area contributed by atoms with Gasteiger partial charge < -0.3 is 0 Å². The lowest BCUT2D eigenvalue weighted by atomic mass is 10.1. The van der Waals surface area contributed by atoms with Crippen molar-refractivity contribution < 1.29 is 0 Å². The van der Waals surface area contributed by atoms with E-state index >= 15 is 0 Å². The SMILES string of the molecule is CC1=CCC=CC(c2cnn3ccncc23)=N1. The van der Waals surface area contributed by atoms with Crippen molar-refractivity contribution in [2.45, 2.75) is 13.3 Å². The summed E-state index contributed by atoms with van der Waals surface area (Å²) in [6, 6.07) is 0. The lowest BCUT2D eigenvalue weighted by Gasteiger charge is -1.98. The van der Waals surface area contributed by atoms with Crippen molar-refractivity contribution in [2.24, 2.45) is 4.99 Å². The topological polar surface area (TPSA) is 42.5 Å². The Morgan fingerprint density at radius 2 is 2.24 bits per heavy atom. The molecule has 0 saturated carbocycles. The van der Waals surface area contributed by atoms with Crippen LogP contribution in [0.25, 0.3) is 5.52 Å². The van der Waals surface area contributed by atoms with Gasteiger partial charge >= 0.3 is 0 Å². The number of hydrogen-bond donors (Lipinski definition) is 0. The summed E-state index contributed by atoms with van der Waals surface area (Å²) in [6.07, 6.45) is 14.4. The highest BCUT2D eigenvalue weighted by atomic mass is 15.2. The molecule has 2 aromatic rings. The third-order valence-corrected chi connectivity index (χ3v) is 2.72. The first-order valence-corrected chi connectivity index (χ1v) is 5.54. The molecule has 4 nitrogen and oxygen atoms in total. The van der Waals surface area contributed by atoms with Gasteiger partial charge in [0.1, 0.15) is 0 Å². The van der Waals surface area contributed by atoms with E-state index < -0.39 is 0 Å². The summed E-state index contributed by atoms with van der Waals surface area (Å²) in [7, 11) is 0. The molecule has 84 valence electrons. The van der Waals surface area contributed by atoms with Crippen LogP contribution in [0.3, 0.4) is 0 Å². The van der Waals surface area contributed by atoms with Gasteiger partial charge in [-0.1, -0.05) is 12.2 Å².